The van der Waals surface area contributed by atoms with Crippen LogP contribution in [0.2, 0.25) is 0 Å². The van der Waals surface area contributed by atoms with E-state index in [9.17, 15) is 19.4 Å². The molecule has 9 heteroatoms. The minimum Gasteiger partial charge on any atom is -0.756 e. The minimum absolute atomic E-state index is 0.0151. The zero-order valence-electron chi connectivity index (χ0n) is 28.2. The molecule has 0 radical (unpaired) electrons. The number of phosphoric ester groups is 1. The maximum atomic E-state index is 12.7. The van der Waals surface area contributed by atoms with Crippen LogP contribution in [0.4, 0.5) is 0 Å². The summed E-state index contributed by atoms with van der Waals surface area (Å²) in [4.78, 5) is 25.0. The summed E-state index contributed by atoms with van der Waals surface area (Å²) in [5.41, 5.74) is 0. The quantitative estimate of drug-likeness (QED) is 0.0468. The van der Waals surface area contributed by atoms with Gasteiger partial charge >= 0.3 is 0 Å². The van der Waals surface area contributed by atoms with Crippen LogP contribution in [0.15, 0.2) is 0 Å². The number of nitrogens with zero attached hydrogens (tertiary/aromatic N) is 1. The Morgan fingerprint density at radius 2 is 1.17 bits per heavy atom. The summed E-state index contributed by atoms with van der Waals surface area (Å²) in [6, 6.07) is -0.788. The molecule has 0 bridgehead atoms. The van der Waals surface area contributed by atoms with Crippen LogP contribution in [-0.2, 0) is 18.4 Å². The maximum Gasteiger partial charge on any atom is 0.268 e. The van der Waals surface area contributed by atoms with Crippen molar-refractivity contribution in [3.05, 3.63) is 0 Å². The van der Waals surface area contributed by atoms with Crippen molar-refractivity contribution >= 4 is 13.7 Å². The van der Waals surface area contributed by atoms with Crippen LogP contribution in [0.1, 0.15) is 155 Å². The van der Waals surface area contributed by atoms with Gasteiger partial charge in [0.05, 0.1) is 39.9 Å². The van der Waals surface area contributed by atoms with Crippen LogP contribution in [0, 0.1) is 0 Å². The van der Waals surface area contributed by atoms with E-state index in [0.29, 0.717) is 23.9 Å². The largest absolute Gasteiger partial charge is 0.756 e. The summed E-state index contributed by atoms with van der Waals surface area (Å²) in [6.45, 7) is 4.66. The van der Waals surface area contributed by atoms with Crippen molar-refractivity contribution in [1.29, 1.82) is 0 Å². The van der Waals surface area contributed by atoms with E-state index in [1.165, 1.54) is 89.9 Å². The van der Waals surface area contributed by atoms with Crippen molar-refractivity contribution in [2.75, 3.05) is 40.9 Å². The molecule has 1 unspecified atom stereocenters. The number of hydrogen-bond donors (Lipinski definition) is 2. The number of hydrogen-bond acceptors (Lipinski definition) is 6. The Morgan fingerprint density at radius 3 is 1.62 bits per heavy atom. The van der Waals surface area contributed by atoms with E-state index in [1.807, 2.05) is 21.1 Å². The standard InChI is InChI=1S/C33H69N2O6P/c1-6-8-10-12-14-16-17-19-20-22-24-26-32(36)31(30-41-42(38,39)40-29-28-35(3,4)5)34-33(37)27-25-23-21-18-15-13-11-9-7-2/h31-32,36H,6-30H2,1-5H3,(H-,34,37,38,39)/t31-,32+/m0/s1. The van der Waals surface area contributed by atoms with Crippen molar-refractivity contribution in [2.45, 2.75) is 167 Å². The first-order valence-corrected chi connectivity index (χ1v) is 18.8. The molecule has 1 amide bonds. The number of rotatable bonds is 31. The van der Waals surface area contributed by atoms with Crippen LogP contribution in [0.5, 0.6) is 0 Å². The second-order valence-electron chi connectivity index (χ2n) is 13.2. The van der Waals surface area contributed by atoms with E-state index in [1.54, 1.807) is 0 Å². The molecule has 2 N–H and O–H groups in total. The van der Waals surface area contributed by atoms with Crippen LogP contribution in [0.25, 0.3) is 0 Å². The summed E-state index contributed by atoms with van der Waals surface area (Å²) < 4.78 is 23.0. The number of carbonyl (C=O) groups is 1. The highest BCUT2D eigenvalue weighted by Gasteiger charge is 2.24. The molecule has 0 fully saturated rings. The van der Waals surface area contributed by atoms with Gasteiger partial charge < -0.3 is 28.8 Å². The molecule has 0 saturated heterocycles. The Kier molecular flexibility index (Phi) is 26.5. The second kappa shape index (κ2) is 26.9. The summed E-state index contributed by atoms with van der Waals surface area (Å²) in [5.74, 6) is -0.170. The number of unbranched alkanes of at least 4 members (excludes halogenated alkanes) is 18. The van der Waals surface area contributed by atoms with Crippen molar-refractivity contribution < 1.29 is 32.9 Å². The Morgan fingerprint density at radius 1 is 0.738 bits per heavy atom. The van der Waals surface area contributed by atoms with Crippen LogP contribution >= 0.6 is 7.82 Å². The zero-order valence-corrected chi connectivity index (χ0v) is 29.1. The van der Waals surface area contributed by atoms with Gasteiger partial charge in [-0.25, -0.2) is 0 Å². The summed E-state index contributed by atoms with van der Waals surface area (Å²) in [7, 11) is 1.31. The molecular weight excluding hydrogens is 551 g/mol. The summed E-state index contributed by atoms with van der Waals surface area (Å²) in [6.07, 6.45) is 23.9. The van der Waals surface area contributed by atoms with E-state index < -0.39 is 20.0 Å². The van der Waals surface area contributed by atoms with E-state index in [-0.39, 0.29) is 19.1 Å². The monoisotopic (exact) mass is 620 g/mol. The van der Waals surface area contributed by atoms with Gasteiger partial charge in [0.2, 0.25) is 5.91 Å². The number of amides is 1. The van der Waals surface area contributed by atoms with Gasteiger partial charge in [-0.15, -0.1) is 0 Å². The molecule has 252 valence electrons. The van der Waals surface area contributed by atoms with Crippen molar-refractivity contribution in [1.82, 2.24) is 5.32 Å². The molecule has 0 aliphatic rings. The third kappa shape index (κ3) is 28.3. The van der Waals surface area contributed by atoms with Crippen molar-refractivity contribution in [2.24, 2.45) is 0 Å². The molecule has 0 aromatic heterocycles. The normalized spacial score (nSPS) is 14.9. The van der Waals surface area contributed by atoms with E-state index >= 15 is 0 Å². The van der Waals surface area contributed by atoms with Gasteiger partial charge in [0.25, 0.3) is 7.82 Å². The lowest BCUT2D eigenvalue weighted by Crippen LogP contribution is -2.46. The number of aliphatic hydroxyl groups is 1. The minimum atomic E-state index is -4.54. The lowest BCUT2D eigenvalue weighted by molar-refractivity contribution is -0.870. The SMILES string of the molecule is CCCCCCCCCCCCC[C@@H](O)[C@H](COP(=O)([O-])OCC[N+](C)(C)C)NC(=O)CCCCCCCCCCC. The zero-order chi connectivity index (χ0) is 31.5. The Labute approximate surface area is 259 Å². The van der Waals surface area contributed by atoms with Gasteiger partial charge in [-0.05, 0) is 12.8 Å². The third-order valence-corrected chi connectivity index (χ3v) is 8.81. The van der Waals surface area contributed by atoms with Gasteiger partial charge in [0.1, 0.15) is 13.2 Å². The molecule has 0 aliphatic heterocycles. The van der Waals surface area contributed by atoms with Gasteiger partial charge in [0, 0.05) is 6.42 Å². The first-order chi connectivity index (χ1) is 20.0. The van der Waals surface area contributed by atoms with Crippen molar-refractivity contribution in [3.8, 4) is 0 Å². The topological polar surface area (TPSA) is 108 Å². The third-order valence-electron chi connectivity index (χ3n) is 7.85. The molecule has 0 spiro atoms. The van der Waals surface area contributed by atoms with Crippen molar-refractivity contribution in [3.63, 3.8) is 0 Å². The Balaban J connectivity index is 4.52. The average Bonchev–Trinajstić information content (AvgIpc) is 2.92. The Bertz CT molecular complexity index is 673. The van der Waals surface area contributed by atoms with E-state index in [0.717, 1.165) is 38.5 Å². The molecular formula is C33H69N2O6P. The molecule has 0 aromatic carbocycles. The molecule has 0 heterocycles. The number of likely N-dealkylation sites (N-methyl/N-ethyl adjacent to an activating group) is 1. The maximum absolute atomic E-state index is 12.7. The highest BCUT2D eigenvalue weighted by molar-refractivity contribution is 7.45. The van der Waals surface area contributed by atoms with Gasteiger partial charge in [0.15, 0.2) is 0 Å². The first kappa shape index (κ1) is 41.5. The fraction of sp³-hybridized carbons (Fsp3) is 0.970. The first-order valence-electron chi connectivity index (χ1n) is 17.4. The predicted molar refractivity (Wildman–Crippen MR) is 173 cm³/mol. The predicted octanol–water partition coefficient (Wildman–Crippen LogP) is 7.66. The number of phosphoric acid groups is 1. The number of carbonyl (C=O) groups excluding carboxylic acids is 1. The second-order valence-corrected chi connectivity index (χ2v) is 14.6. The van der Waals surface area contributed by atoms with Crippen LogP contribution in [-0.4, -0.2) is 68.5 Å². The Hall–Kier alpha value is -0.500. The smallest absolute Gasteiger partial charge is 0.268 e. The van der Waals surface area contributed by atoms with Gasteiger partial charge in [-0.2, -0.15) is 0 Å². The number of quaternary nitrogens is 1. The fourth-order valence-electron chi connectivity index (χ4n) is 4.98. The van der Waals surface area contributed by atoms with E-state index in [2.05, 4.69) is 19.2 Å². The molecule has 0 saturated carbocycles. The molecule has 42 heavy (non-hydrogen) atoms. The molecule has 0 rings (SSSR count). The number of aliphatic hydroxyl groups excluding tert-OH is 1. The van der Waals surface area contributed by atoms with E-state index in [4.69, 9.17) is 9.05 Å². The lowest BCUT2D eigenvalue weighted by Gasteiger charge is -2.30. The highest BCUT2D eigenvalue weighted by atomic mass is 31.2. The molecule has 0 aliphatic carbocycles. The summed E-state index contributed by atoms with van der Waals surface area (Å²) in [5, 5.41) is 13.7. The molecule has 0 aromatic rings. The average molecular weight is 621 g/mol. The summed E-state index contributed by atoms with van der Waals surface area (Å²) >= 11 is 0. The van der Waals surface area contributed by atoms with Gasteiger partial charge in [-0.3, -0.25) is 9.36 Å². The molecule has 8 nitrogen and oxygen atoms in total. The highest BCUT2D eigenvalue weighted by Crippen LogP contribution is 2.38. The number of nitrogens with one attached hydrogen (secondary N) is 1. The van der Waals surface area contributed by atoms with Crippen LogP contribution in [0.3, 0.4) is 0 Å². The van der Waals surface area contributed by atoms with Gasteiger partial charge in [-0.1, -0.05) is 136 Å². The fourth-order valence-corrected chi connectivity index (χ4v) is 5.70. The molecule has 3 atom stereocenters. The lowest BCUT2D eigenvalue weighted by atomic mass is 10.0. The van der Waals surface area contributed by atoms with Crippen LogP contribution < -0.4 is 10.2 Å².